The van der Waals surface area contributed by atoms with Crippen molar-refractivity contribution in [3.63, 3.8) is 0 Å². The normalized spacial score (nSPS) is 12.0. The Labute approximate surface area is 179 Å². The molecule has 1 heterocycles. The molecule has 2 aromatic carbocycles. The molecule has 3 aromatic rings. The van der Waals surface area contributed by atoms with Crippen molar-refractivity contribution in [2.75, 3.05) is 11.6 Å². The van der Waals surface area contributed by atoms with Crippen molar-refractivity contribution >= 4 is 44.0 Å². The first kappa shape index (κ1) is 21.5. The summed E-state index contributed by atoms with van der Waals surface area (Å²) in [6.07, 6.45) is 1.17. The molecule has 5 nitrogen and oxygen atoms in total. The highest BCUT2D eigenvalue weighted by Crippen LogP contribution is 2.35. The van der Waals surface area contributed by atoms with E-state index in [9.17, 15) is 13.2 Å². The average molecular weight is 447 g/mol. The van der Waals surface area contributed by atoms with Gasteiger partial charge in [0, 0.05) is 21.6 Å². The third-order valence-electron chi connectivity index (χ3n) is 4.24. The molecule has 0 fully saturated rings. The molecule has 3 rings (SSSR count). The zero-order valence-corrected chi connectivity index (χ0v) is 19.0. The molecule has 0 saturated carbocycles. The monoisotopic (exact) mass is 446 g/mol. The fourth-order valence-corrected chi connectivity index (χ4v) is 5.12. The second-order valence-electron chi connectivity index (χ2n) is 7.10. The standard InChI is InChI=1S/C21H22N2O3S3/c1-14-18(15-8-6-5-7-9-15)22-20(27-14)23-19(24)21(2,3)28-16-10-12-17(13-11-16)29(4,25)26/h5-13H,1-4H3,(H,22,23,24). The van der Waals surface area contributed by atoms with Gasteiger partial charge in [-0.15, -0.1) is 23.1 Å². The first-order valence-corrected chi connectivity index (χ1v) is 12.4. The highest BCUT2D eigenvalue weighted by Gasteiger charge is 2.30. The molecular formula is C21H22N2O3S3. The number of amides is 1. The highest BCUT2D eigenvalue weighted by molar-refractivity contribution is 8.01. The van der Waals surface area contributed by atoms with Crippen molar-refractivity contribution < 1.29 is 13.2 Å². The topological polar surface area (TPSA) is 76.1 Å². The summed E-state index contributed by atoms with van der Waals surface area (Å²) >= 11 is 2.82. The van der Waals surface area contributed by atoms with Gasteiger partial charge in [0.05, 0.1) is 15.3 Å². The van der Waals surface area contributed by atoms with Gasteiger partial charge in [0.1, 0.15) is 0 Å². The van der Waals surface area contributed by atoms with Crippen molar-refractivity contribution in [1.29, 1.82) is 0 Å². The molecule has 29 heavy (non-hydrogen) atoms. The first-order chi connectivity index (χ1) is 13.6. The number of sulfone groups is 1. The molecule has 0 aliphatic rings. The van der Waals surface area contributed by atoms with Gasteiger partial charge in [0.15, 0.2) is 15.0 Å². The Kier molecular flexibility index (Phi) is 6.16. The number of benzene rings is 2. The van der Waals surface area contributed by atoms with E-state index in [1.165, 1.54) is 29.4 Å². The maximum atomic E-state index is 12.9. The van der Waals surface area contributed by atoms with Crippen LogP contribution in [0.1, 0.15) is 18.7 Å². The van der Waals surface area contributed by atoms with E-state index < -0.39 is 14.6 Å². The fraction of sp³-hybridized carbons (Fsp3) is 0.238. The van der Waals surface area contributed by atoms with Crippen molar-refractivity contribution in [3.8, 4) is 11.3 Å². The summed E-state index contributed by atoms with van der Waals surface area (Å²) in [5.74, 6) is -0.164. The molecule has 1 N–H and O–H groups in total. The summed E-state index contributed by atoms with van der Waals surface area (Å²) in [4.78, 5) is 19.6. The second kappa shape index (κ2) is 8.30. The number of nitrogens with zero attached hydrogens (tertiary/aromatic N) is 1. The SMILES string of the molecule is Cc1sc(NC(=O)C(C)(C)Sc2ccc(S(C)(=O)=O)cc2)nc1-c1ccccc1. The fourth-order valence-electron chi connectivity index (χ4n) is 2.66. The molecular weight excluding hydrogens is 424 g/mol. The van der Waals surface area contributed by atoms with E-state index in [-0.39, 0.29) is 10.8 Å². The third kappa shape index (κ3) is 5.26. The third-order valence-corrected chi connectivity index (χ3v) is 7.45. The molecule has 8 heteroatoms. The summed E-state index contributed by atoms with van der Waals surface area (Å²) in [6.45, 7) is 5.64. The molecule has 0 aliphatic heterocycles. The Bertz CT molecular complexity index is 1120. The molecule has 1 amide bonds. The van der Waals surface area contributed by atoms with Gasteiger partial charge in [0.2, 0.25) is 5.91 Å². The zero-order valence-electron chi connectivity index (χ0n) is 16.6. The Morgan fingerprint density at radius 1 is 1.07 bits per heavy atom. The van der Waals surface area contributed by atoms with Gasteiger partial charge in [-0.05, 0) is 45.0 Å². The van der Waals surface area contributed by atoms with E-state index >= 15 is 0 Å². The lowest BCUT2D eigenvalue weighted by Crippen LogP contribution is -2.33. The highest BCUT2D eigenvalue weighted by atomic mass is 32.2. The Morgan fingerprint density at radius 3 is 2.28 bits per heavy atom. The van der Waals surface area contributed by atoms with Crippen LogP contribution in [-0.4, -0.2) is 30.3 Å². The number of rotatable bonds is 6. The summed E-state index contributed by atoms with van der Waals surface area (Å²) in [7, 11) is -3.24. The van der Waals surface area contributed by atoms with Gasteiger partial charge < -0.3 is 5.32 Å². The van der Waals surface area contributed by atoms with E-state index in [0.717, 1.165) is 21.0 Å². The maximum absolute atomic E-state index is 12.9. The number of nitrogens with one attached hydrogen (secondary N) is 1. The number of hydrogen-bond donors (Lipinski definition) is 1. The van der Waals surface area contributed by atoms with Crippen LogP contribution in [0.25, 0.3) is 11.3 Å². The first-order valence-electron chi connectivity index (χ1n) is 8.90. The minimum Gasteiger partial charge on any atom is -0.301 e. The Hall–Kier alpha value is -2.16. The quantitative estimate of drug-likeness (QED) is 0.537. The number of hydrogen-bond acceptors (Lipinski definition) is 6. The summed E-state index contributed by atoms with van der Waals surface area (Å²) < 4.78 is 22.4. The van der Waals surface area contributed by atoms with Gasteiger partial charge in [-0.2, -0.15) is 0 Å². The van der Waals surface area contributed by atoms with Gasteiger partial charge in [-0.1, -0.05) is 30.3 Å². The largest absolute Gasteiger partial charge is 0.301 e. The van der Waals surface area contributed by atoms with Crippen LogP contribution in [-0.2, 0) is 14.6 Å². The van der Waals surface area contributed by atoms with Gasteiger partial charge >= 0.3 is 0 Å². The number of anilines is 1. The molecule has 0 saturated heterocycles. The van der Waals surface area contributed by atoms with Crippen LogP contribution in [0.15, 0.2) is 64.4 Å². The molecule has 1 aromatic heterocycles. The molecule has 0 aliphatic carbocycles. The summed E-state index contributed by atoms with van der Waals surface area (Å²) in [5.41, 5.74) is 1.88. The van der Waals surface area contributed by atoms with Crippen LogP contribution in [0.5, 0.6) is 0 Å². The smallest absolute Gasteiger partial charge is 0.242 e. The lowest BCUT2D eigenvalue weighted by Gasteiger charge is -2.22. The maximum Gasteiger partial charge on any atom is 0.242 e. The molecule has 0 spiro atoms. The van der Waals surface area contributed by atoms with Crippen LogP contribution in [0.2, 0.25) is 0 Å². The summed E-state index contributed by atoms with van der Waals surface area (Å²) in [6, 6.07) is 16.4. The number of thioether (sulfide) groups is 1. The molecule has 0 radical (unpaired) electrons. The summed E-state index contributed by atoms with van der Waals surface area (Å²) in [5, 5.41) is 3.48. The number of thiazole rings is 1. The van der Waals surface area contributed by atoms with Crippen LogP contribution >= 0.6 is 23.1 Å². The number of aryl methyl sites for hydroxylation is 1. The second-order valence-corrected chi connectivity index (χ2v) is 12.0. The number of carbonyl (C=O) groups is 1. The molecule has 0 bridgehead atoms. The zero-order chi connectivity index (χ0) is 21.2. The van der Waals surface area contributed by atoms with Crippen LogP contribution in [0.4, 0.5) is 5.13 Å². The predicted molar refractivity (Wildman–Crippen MR) is 120 cm³/mol. The van der Waals surface area contributed by atoms with Gasteiger partial charge in [0.25, 0.3) is 0 Å². The Morgan fingerprint density at radius 2 is 1.69 bits per heavy atom. The minimum atomic E-state index is -3.24. The van der Waals surface area contributed by atoms with Crippen molar-refractivity contribution in [1.82, 2.24) is 4.98 Å². The van der Waals surface area contributed by atoms with E-state index in [2.05, 4.69) is 10.3 Å². The molecule has 152 valence electrons. The van der Waals surface area contributed by atoms with Crippen LogP contribution in [0, 0.1) is 6.92 Å². The number of carbonyl (C=O) groups excluding carboxylic acids is 1. The van der Waals surface area contributed by atoms with E-state index in [1.54, 1.807) is 24.3 Å². The lowest BCUT2D eigenvalue weighted by atomic mass is 10.1. The predicted octanol–water partition coefficient (Wildman–Crippen LogP) is 5.03. The van der Waals surface area contributed by atoms with Crippen molar-refractivity contribution in [3.05, 3.63) is 59.5 Å². The van der Waals surface area contributed by atoms with Crippen LogP contribution < -0.4 is 5.32 Å². The molecule has 0 atom stereocenters. The van der Waals surface area contributed by atoms with Crippen molar-refractivity contribution in [2.45, 2.75) is 35.3 Å². The average Bonchev–Trinajstić information content (AvgIpc) is 3.02. The van der Waals surface area contributed by atoms with E-state index in [0.29, 0.717) is 5.13 Å². The van der Waals surface area contributed by atoms with Gasteiger partial charge in [-0.3, -0.25) is 4.79 Å². The van der Waals surface area contributed by atoms with E-state index in [4.69, 9.17) is 0 Å². The van der Waals surface area contributed by atoms with Gasteiger partial charge in [-0.25, -0.2) is 13.4 Å². The van der Waals surface area contributed by atoms with Crippen LogP contribution in [0.3, 0.4) is 0 Å². The van der Waals surface area contributed by atoms with Crippen molar-refractivity contribution in [2.24, 2.45) is 0 Å². The number of aromatic nitrogens is 1. The Balaban J connectivity index is 1.73. The minimum absolute atomic E-state index is 0.164. The van der Waals surface area contributed by atoms with E-state index in [1.807, 2.05) is 51.1 Å². The lowest BCUT2D eigenvalue weighted by molar-refractivity contribution is -0.117. The molecule has 0 unspecified atom stereocenters.